The summed E-state index contributed by atoms with van der Waals surface area (Å²) < 4.78 is 12.4. The minimum atomic E-state index is -1.52. The number of hydrogen-bond donors (Lipinski definition) is 5. The molecule has 2 fully saturated rings. The van der Waals surface area contributed by atoms with E-state index in [9.17, 15) is 30.0 Å². The van der Waals surface area contributed by atoms with Crippen molar-refractivity contribution in [3.05, 3.63) is 0 Å². The molecular formula is C30H57N3O8. The average molecular weight is 588 g/mol. The second-order valence-electron chi connectivity index (χ2n) is 13.7. The van der Waals surface area contributed by atoms with Gasteiger partial charge < -0.3 is 45.0 Å². The Kier molecular flexibility index (Phi) is 13.0. The average Bonchev–Trinajstić information content (AvgIpc) is 2.85. The molecule has 11 nitrogen and oxygen atoms in total. The van der Waals surface area contributed by atoms with E-state index < -0.39 is 60.1 Å². The van der Waals surface area contributed by atoms with E-state index in [1.54, 1.807) is 27.8 Å². The van der Waals surface area contributed by atoms with Gasteiger partial charge in [-0.2, -0.15) is 0 Å². The van der Waals surface area contributed by atoms with Crippen LogP contribution in [-0.2, 0) is 19.1 Å². The number of aliphatic hydroxyl groups is 4. The van der Waals surface area contributed by atoms with Crippen molar-refractivity contribution in [3.63, 3.8) is 0 Å². The summed E-state index contributed by atoms with van der Waals surface area (Å²) in [5, 5.41) is 48.3. The summed E-state index contributed by atoms with van der Waals surface area (Å²) in [7, 11) is 5.41. The lowest BCUT2D eigenvalue weighted by atomic mass is 9.77. The predicted octanol–water partition coefficient (Wildman–Crippen LogP) is 0.962. The number of likely N-dealkylation sites (N-methyl/N-ethyl adjacent to an activating group) is 1. The largest absolute Gasteiger partial charge is 0.392 e. The van der Waals surface area contributed by atoms with Gasteiger partial charge in [-0.05, 0) is 59.0 Å². The van der Waals surface area contributed by atoms with E-state index in [4.69, 9.17) is 9.47 Å². The lowest BCUT2D eigenvalue weighted by Crippen LogP contribution is -2.59. The molecule has 0 spiro atoms. The van der Waals surface area contributed by atoms with Crippen molar-refractivity contribution in [1.29, 1.82) is 0 Å². The van der Waals surface area contributed by atoms with Gasteiger partial charge in [0.25, 0.3) is 0 Å². The highest BCUT2D eigenvalue weighted by Crippen LogP contribution is 2.35. The summed E-state index contributed by atoms with van der Waals surface area (Å²) in [5.74, 6) is -2.43. The summed E-state index contributed by atoms with van der Waals surface area (Å²) in [6.45, 7) is 13.0. The first kappa shape index (κ1) is 35.9. The Bertz CT molecular complexity index is 856. The van der Waals surface area contributed by atoms with E-state index in [1.807, 2.05) is 46.7 Å². The number of hydrogen-bond acceptors (Lipinski definition) is 9. The van der Waals surface area contributed by atoms with Gasteiger partial charge in [-0.1, -0.05) is 34.6 Å². The minimum absolute atomic E-state index is 0.146. The molecule has 2 amide bonds. The summed E-state index contributed by atoms with van der Waals surface area (Å²) >= 11 is 0. The van der Waals surface area contributed by atoms with E-state index in [1.165, 1.54) is 4.90 Å². The summed E-state index contributed by atoms with van der Waals surface area (Å²) in [5.41, 5.74) is -1.52. The molecule has 5 N–H and O–H groups in total. The number of aliphatic hydroxyl groups excluding tert-OH is 3. The molecule has 0 radical (unpaired) electrons. The highest BCUT2D eigenvalue weighted by molar-refractivity contribution is 5.80. The first-order valence-corrected chi connectivity index (χ1v) is 15.1. The van der Waals surface area contributed by atoms with Crippen LogP contribution < -0.4 is 5.32 Å². The highest BCUT2D eigenvalue weighted by Gasteiger charge is 2.47. The monoisotopic (exact) mass is 587 g/mol. The Labute approximate surface area is 246 Å². The van der Waals surface area contributed by atoms with Crippen molar-refractivity contribution in [2.75, 3.05) is 27.7 Å². The third kappa shape index (κ3) is 9.58. The fraction of sp³-hybridized carbons (Fsp3) is 0.933. The molecule has 2 heterocycles. The van der Waals surface area contributed by atoms with E-state index in [-0.39, 0.29) is 42.7 Å². The molecule has 11 heteroatoms. The lowest BCUT2D eigenvalue weighted by molar-refractivity contribution is -0.299. The molecule has 0 aromatic carbocycles. The SMILES string of the molecule is CC(C)C[C@@H]1NC(=O)C(C)[C@@H](O)[C@H](C)[C@@H](OC2OC(C)C[C@H](N(C)C)[C@H]2O)[C@](C)(O)C[C@@H](C)CN(C)C(=O)C[C@@H]1O. The van der Waals surface area contributed by atoms with E-state index >= 15 is 0 Å². The second-order valence-corrected chi connectivity index (χ2v) is 13.7. The molecule has 0 bridgehead atoms. The second kappa shape index (κ2) is 14.9. The van der Waals surface area contributed by atoms with Crippen molar-refractivity contribution < 1.29 is 39.5 Å². The van der Waals surface area contributed by atoms with Crippen molar-refractivity contribution in [2.45, 2.75) is 129 Å². The first-order chi connectivity index (χ1) is 18.8. The topological polar surface area (TPSA) is 152 Å². The fourth-order valence-electron chi connectivity index (χ4n) is 6.49. The van der Waals surface area contributed by atoms with Gasteiger partial charge in [0.2, 0.25) is 11.8 Å². The van der Waals surface area contributed by atoms with Crippen LogP contribution >= 0.6 is 0 Å². The molecule has 0 saturated carbocycles. The van der Waals surface area contributed by atoms with Crippen LogP contribution in [0.15, 0.2) is 0 Å². The zero-order valence-electron chi connectivity index (χ0n) is 26.8. The molecule has 240 valence electrons. The van der Waals surface area contributed by atoms with Crippen LogP contribution in [0.5, 0.6) is 0 Å². The standard InChI is InChI=1S/C30H57N3O8/c1-16(2)11-21-23(34)13-24(35)33(10)15-17(3)14-30(7,39)27(19(5)25(36)20(6)28(38)31-21)41-29-26(37)22(32(8)9)12-18(4)40-29/h16-23,25-27,29,34,36-37,39H,11-15H2,1-10H3,(H,31,38)/t17-,18?,19+,20?,21+,22+,23+,25+,26-,27-,29?,30-/m1/s1. The maximum absolute atomic E-state index is 13.4. The van der Waals surface area contributed by atoms with Crippen molar-refractivity contribution in [1.82, 2.24) is 15.1 Å². The molecular weight excluding hydrogens is 530 g/mol. The van der Waals surface area contributed by atoms with Gasteiger partial charge in [-0.3, -0.25) is 9.59 Å². The van der Waals surface area contributed by atoms with Crippen LogP contribution in [0.2, 0.25) is 0 Å². The molecule has 3 unspecified atom stereocenters. The van der Waals surface area contributed by atoms with Gasteiger partial charge >= 0.3 is 0 Å². The van der Waals surface area contributed by atoms with Crippen molar-refractivity contribution in [3.8, 4) is 0 Å². The Hall–Kier alpha value is -1.34. The van der Waals surface area contributed by atoms with Gasteiger partial charge in [0.1, 0.15) is 6.10 Å². The van der Waals surface area contributed by atoms with Crippen molar-refractivity contribution >= 4 is 11.8 Å². The Morgan fingerprint density at radius 2 is 1.73 bits per heavy atom. The smallest absolute Gasteiger partial charge is 0.225 e. The number of amides is 2. The maximum atomic E-state index is 13.4. The maximum Gasteiger partial charge on any atom is 0.225 e. The van der Waals surface area contributed by atoms with Crippen LogP contribution in [0.25, 0.3) is 0 Å². The third-order valence-corrected chi connectivity index (χ3v) is 8.79. The Morgan fingerprint density at radius 1 is 1.12 bits per heavy atom. The quantitative estimate of drug-likeness (QED) is 0.317. The number of carbonyl (C=O) groups excluding carboxylic acids is 2. The zero-order valence-corrected chi connectivity index (χ0v) is 26.8. The van der Waals surface area contributed by atoms with Crippen LogP contribution in [0.3, 0.4) is 0 Å². The van der Waals surface area contributed by atoms with E-state index in [0.29, 0.717) is 19.4 Å². The fourth-order valence-corrected chi connectivity index (χ4v) is 6.49. The molecule has 0 aromatic rings. The summed E-state index contributed by atoms with van der Waals surface area (Å²) in [6.07, 6.45) is -4.50. The molecule has 2 saturated heterocycles. The molecule has 12 atom stereocenters. The molecule has 0 aliphatic carbocycles. The normalized spacial score (nSPS) is 42.6. The number of nitrogens with zero attached hydrogens (tertiary/aromatic N) is 2. The van der Waals surface area contributed by atoms with Crippen LogP contribution in [0, 0.1) is 23.7 Å². The number of carbonyl (C=O) groups is 2. The minimum Gasteiger partial charge on any atom is -0.392 e. The molecule has 2 aliphatic heterocycles. The highest BCUT2D eigenvalue weighted by atomic mass is 16.7. The summed E-state index contributed by atoms with van der Waals surface area (Å²) in [4.78, 5) is 29.8. The van der Waals surface area contributed by atoms with Gasteiger partial charge in [-0.15, -0.1) is 0 Å². The van der Waals surface area contributed by atoms with Gasteiger partial charge in [0.05, 0.1) is 48.4 Å². The number of nitrogens with one attached hydrogen (secondary N) is 1. The van der Waals surface area contributed by atoms with Gasteiger partial charge in [0, 0.05) is 25.6 Å². The van der Waals surface area contributed by atoms with Crippen LogP contribution in [0.1, 0.15) is 74.1 Å². The predicted molar refractivity (Wildman–Crippen MR) is 156 cm³/mol. The Balaban J connectivity index is 2.48. The molecule has 41 heavy (non-hydrogen) atoms. The first-order valence-electron chi connectivity index (χ1n) is 15.1. The number of ether oxygens (including phenoxy) is 2. The number of rotatable bonds is 5. The van der Waals surface area contributed by atoms with Crippen LogP contribution in [0.4, 0.5) is 0 Å². The van der Waals surface area contributed by atoms with Crippen LogP contribution in [-0.4, -0.2) is 124 Å². The lowest BCUT2D eigenvalue weighted by Gasteiger charge is -2.46. The molecule has 0 aromatic heterocycles. The van der Waals surface area contributed by atoms with E-state index in [0.717, 1.165) is 0 Å². The third-order valence-electron chi connectivity index (χ3n) is 8.79. The molecule has 2 aliphatic rings. The van der Waals surface area contributed by atoms with Crippen molar-refractivity contribution in [2.24, 2.45) is 23.7 Å². The zero-order chi connectivity index (χ0) is 31.4. The Morgan fingerprint density at radius 3 is 2.29 bits per heavy atom. The summed E-state index contributed by atoms with van der Waals surface area (Å²) in [6, 6.07) is -0.901. The van der Waals surface area contributed by atoms with E-state index in [2.05, 4.69) is 5.32 Å². The van der Waals surface area contributed by atoms with Gasteiger partial charge in [0.15, 0.2) is 6.29 Å². The molecule has 2 rings (SSSR count). The van der Waals surface area contributed by atoms with Gasteiger partial charge in [-0.25, -0.2) is 0 Å².